The molecule has 1 saturated heterocycles. The van der Waals surface area contributed by atoms with E-state index in [1.807, 2.05) is 0 Å². The minimum Gasteiger partial charge on any atom is -0.465 e. The molecule has 2 N–H and O–H groups in total. The van der Waals surface area contributed by atoms with Crippen molar-refractivity contribution in [3.8, 4) is 0 Å². The zero-order chi connectivity index (χ0) is 11.5. The van der Waals surface area contributed by atoms with Crippen molar-refractivity contribution in [2.24, 2.45) is 0 Å². The molecule has 84 valence electrons. The molecule has 16 heavy (non-hydrogen) atoms. The average molecular weight is 221 g/mol. The third-order valence-electron chi connectivity index (χ3n) is 2.35. The predicted octanol–water partition coefficient (Wildman–Crippen LogP) is 1.30. The van der Waals surface area contributed by atoms with Crippen LogP contribution in [0.2, 0.25) is 0 Å². The molecular formula is C10H11N3O3. The minimum atomic E-state index is -1.13. The van der Waals surface area contributed by atoms with E-state index < -0.39 is 6.09 Å². The Morgan fingerprint density at radius 2 is 2.31 bits per heavy atom. The van der Waals surface area contributed by atoms with Gasteiger partial charge in [-0.15, -0.1) is 0 Å². The average Bonchev–Trinajstić information content (AvgIpc) is 2.65. The highest BCUT2D eigenvalue weighted by atomic mass is 16.4. The number of amides is 2. The lowest BCUT2D eigenvalue weighted by atomic mass is 10.4. The summed E-state index contributed by atoms with van der Waals surface area (Å²) in [6.07, 6.45) is 1.66. The number of hydrogen-bond acceptors (Lipinski definition) is 3. The van der Waals surface area contributed by atoms with Crippen molar-refractivity contribution < 1.29 is 14.7 Å². The highest BCUT2D eigenvalue weighted by Gasteiger charge is 2.22. The van der Waals surface area contributed by atoms with Gasteiger partial charge in [0.05, 0.1) is 11.9 Å². The molecule has 0 spiro atoms. The van der Waals surface area contributed by atoms with Crippen molar-refractivity contribution in [2.45, 2.75) is 12.8 Å². The maximum absolute atomic E-state index is 11.4. The summed E-state index contributed by atoms with van der Waals surface area (Å²) in [5, 5.41) is 10.7. The van der Waals surface area contributed by atoms with Crippen molar-refractivity contribution in [1.82, 2.24) is 4.98 Å². The Morgan fingerprint density at radius 1 is 1.50 bits per heavy atom. The molecule has 0 aliphatic carbocycles. The lowest BCUT2D eigenvalue weighted by molar-refractivity contribution is -0.117. The second kappa shape index (κ2) is 4.18. The van der Waals surface area contributed by atoms with E-state index >= 15 is 0 Å². The summed E-state index contributed by atoms with van der Waals surface area (Å²) in [6, 6.07) is 3.22. The number of carboxylic acid groups (broad SMARTS) is 1. The van der Waals surface area contributed by atoms with Gasteiger partial charge in [0.25, 0.3) is 0 Å². The van der Waals surface area contributed by atoms with Crippen molar-refractivity contribution in [3.63, 3.8) is 0 Å². The van der Waals surface area contributed by atoms with Crippen LogP contribution in [0.4, 0.5) is 16.3 Å². The van der Waals surface area contributed by atoms with Gasteiger partial charge >= 0.3 is 6.09 Å². The number of hydrogen-bond donors (Lipinski definition) is 2. The minimum absolute atomic E-state index is 0.0615. The van der Waals surface area contributed by atoms with Crippen LogP contribution in [-0.4, -0.2) is 28.6 Å². The Morgan fingerprint density at radius 3 is 2.81 bits per heavy atom. The van der Waals surface area contributed by atoms with Gasteiger partial charge in [0.2, 0.25) is 5.91 Å². The predicted molar refractivity (Wildman–Crippen MR) is 57.5 cm³/mol. The highest BCUT2D eigenvalue weighted by molar-refractivity contribution is 5.94. The molecule has 6 nitrogen and oxygen atoms in total. The molecule has 0 atom stereocenters. The second-order valence-corrected chi connectivity index (χ2v) is 3.48. The van der Waals surface area contributed by atoms with Crippen LogP contribution in [0.15, 0.2) is 18.3 Å². The van der Waals surface area contributed by atoms with E-state index in [4.69, 9.17) is 5.11 Å². The van der Waals surface area contributed by atoms with Gasteiger partial charge < -0.3 is 5.11 Å². The van der Waals surface area contributed by atoms with Crippen LogP contribution in [0.1, 0.15) is 12.8 Å². The second-order valence-electron chi connectivity index (χ2n) is 3.48. The summed E-state index contributed by atoms with van der Waals surface area (Å²) in [6.45, 7) is 0.678. The van der Waals surface area contributed by atoms with Gasteiger partial charge in [0, 0.05) is 13.0 Å². The van der Waals surface area contributed by atoms with Crippen molar-refractivity contribution in [2.75, 3.05) is 16.8 Å². The number of nitrogens with zero attached hydrogens (tertiary/aromatic N) is 2. The largest absolute Gasteiger partial charge is 0.465 e. The molecule has 1 aromatic heterocycles. The van der Waals surface area contributed by atoms with Gasteiger partial charge in [-0.05, 0) is 18.6 Å². The quantitative estimate of drug-likeness (QED) is 0.788. The van der Waals surface area contributed by atoms with E-state index in [2.05, 4.69) is 10.3 Å². The SMILES string of the molecule is O=C(O)Nc1ccc(N2CCCC2=O)nc1. The molecule has 0 unspecified atom stereocenters. The fourth-order valence-electron chi connectivity index (χ4n) is 1.63. The van der Waals surface area contributed by atoms with Crippen LogP contribution in [0.3, 0.4) is 0 Å². The first-order valence-corrected chi connectivity index (χ1v) is 4.93. The standard InChI is InChI=1S/C10H11N3O3/c14-9-2-1-5-13(9)8-4-3-7(6-11-8)12-10(15)16/h3-4,6,12H,1-2,5H2,(H,15,16). The van der Waals surface area contributed by atoms with Gasteiger partial charge in [-0.2, -0.15) is 0 Å². The maximum atomic E-state index is 11.4. The Balaban J connectivity index is 2.12. The molecule has 0 radical (unpaired) electrons. The lowest BCUT2D eigenvalue weighted by Gasteiger charge is -2.14. The van der Waals surface area contributed by atoms with Gasteiger partial charge in [-0.1, -0.05) is 0 Å². The van der Waals surface area contributed by atoms with E-state index in [0.29, 0.717) is 24.5 Å². The highest BCUT2D eigenvalue weighted by Crippen LogP contribution is 2.19. The van der Waals surface area contributed by atoms with Crippen LogP contribution in [0.25, 0.3) is 0 Å². The molecule has 1 aromatic rings. The van der Waals surface area contributed by atoms with Crippen LogP contribution in [-0.2, 0) is 4.79 Å². The van der Waals surface area contributed by atoms with E-state index in [1.54, 1.807) is 17.0 Å². The van der Waals surface area contributed by atoms with Crippen LogP contribution < -0.4 is 10.2 Å². The number of anilines is 2. The Labute approximate surface area is 91.9 Å². The topological polar surface area (TPSA) is 82.5 Å². The molecular weight excluding hydrogens is 210 g/mol. The number of pyridine rings is 1. The molecule has 1 aliphatic heterocycles. The molecule has 2 rings (SSSR count). The third kappa shape index (κ3) is 2.10. The molecule has 2 amide bonds. The monoisotopic (exact) mass is 221 g/mol. The molecule has 0 aromatic carbocycles. The lowest BCUT2D eigenvalue weighted by Crippen LogP contribution is -2.24. The first kappa shape index (κ1) is 10.4. The van der Waals surface area contributed by atoms with Crippen molar-refractivity contribution >= 4 is 23.5 Å². The fraction of sp³-hybridized carbons (Fsp3) is 0.300. The fourth-order valence-corrected chi connectivity index (χ4v) is 1.63. The number of nitrogens with one attached hydrogen (secondary N) is 1. The molecule has 2 heterocycles. The van der Waals surface area contributed by atoms with Crippen LogP contribution in [0.5, 0.6) is 0 Å². The van der Waals surface area contributed by atoms with Gasteiger partial charge in [0.1, 0.15) is 5.82 Å². The van der Waals surface area contributed by atoms with E-state index in [0.717, 1.165) is 6.42 Å². The summed E-state index contributed by atoms with van der Waals surface area (Å²) < 4.78 is 0. The molecule has 1 fully saturated rings. The first-order chi connectivity index (χ1) is 7.66. The zero-order valence-electron chi connectivity index (χ0n) is 8.51. The third-order valence-corrected chi connectivity index (χ3v) is 2.35. The number of carbonyl (C=O) groups is 2. The van der Waals surface area contributed by atoms with Crippen molar-refractivity contribution in [3.05, 3.63) is 18.3 Å². The van der Waals surface area contributed by atoms with E-state index in [1.165, 1.54) is 6.20 Å². The van der Waals surface area contributed by atoms with Crippen LogP contribution >= 0.6 is 0 Å². The number of rotatable bonds is 2. The maximum Gasteiger partial charge on any atom is 0.409 e. The van der Waals surface area contributed by atoms with Crippen molar-refractivity contribution in [1.29, 1.82) is 0 Å². The van der Waals surface area contributed by atoms with E-state index in [-0.39, 0.29) is 5.91 Å². The Bertz CT molecular complexity index is 416. The normalized spacial score (nSPS) is 15.2. The summed E-state index contributed by atoms with van der Waals surface area (Å²) >= 11 is 0. The Hall–Kier alpha value is -2.11. The van der Waals surface area contributed by atoms with Gasteiger partial charge in [-0.25, -0.2) is 9.78 Å². The van der Waals surface area contributed by atoms with Crippen LogP contribution in [0, 0.1) is 0 Å². The molecule has 6 heteroatoms. The van der Waals surface area contributed by atoms with Gasteiger partial charge in [-0.3, -0.25) is 15.0 Å². The first-order valence-electron chi connectivity index (χ1n) is 4.93. The number of carbonyl (C=O) groups excluding carboxylic acids is 1. The smallest absolute Gasteiger partial charge is 0.409 e. The summed E-state index contributed by atoms with van der Waals surface area (Å²) in [4.78, 5) is 27.4. The summed E-state index contributed by atoms with van der Waals surface area (Å²) in [5.41, 5.74) is 0.392. The zero-order valence-corrected chi connectivity index (χ0v) is 8.51. The number of aromatic nitrogens is 1. The molecule has 0 bridgehead atoms. The molecule has 0 saturated carbocycles. The Kier molecular flexibility index (Phi) is 2.72. The summed E-state index contributed by atoms with van der Waals surface area (Å²) in [7, 11) is 0. The summed E-state index contributed by atoms with van der Waals surface area (Å²) in [5.74, 6) is 0.630. The molecule has 1 aliphatic rings. The van der Waals surface area contributed by atoms with Gasteiger partial charge in [0.15, 0.2) is 0 Å². The van der Waals surface area contributed by atoms with E-state index in [9.17, 15) is 9.59 Å².